The summed E-state index contributed by atoms with van der Waals surface area (Å²) in [5.74, 6) is 2.51. The van der Waals surface area contributed by atoms with Gasteiger partial charge < -0.3 is 9.47 Å². The number of hydrogen-bond donors (Lipinski definition) is 0. The quantitative estimate of drug-likeness (QED) is 0.524. The van der Waals surface area contributed by atoms with E-state index in [9.17, 15) is 0 Å². The lowest BCUT2D eigenvalue weighted by Crippen LogP contribution is -2.01. The predicted octanol–water partition coefficient (Wildman–Crippen LogP) is 4.59. The van der Waals surface area contributed by atoms with E-state index in [0.717, 1.165) is 36.9 Å². The Hall–Kier alpha value is -1.18. The van der Waals surface area contributed by atoms with Crippen molar-refractivity contribution in [1.82, 2.24) is 0 Å². The van der Waals surface area contributed by atoms with Crippen molar-refractivity contribution in [3.05, 3.63) is 35.3 Å². The molecule has 2 heteroatoms. The smallest absolute Gasteiger partial charge is 0.160 e. The van der Waals surface area contributed by atoms with E-state index in [2.05, 4.69) is 32.9 Å². The molecule has 1 aliphatic rings. The molecule has 2 nitrogen and oxygen atoms in total. The summed E-state index contributed by atoms with van der Waals surface area (Å²) < 4.78 is 11.5. The van der Waals surface area contributed by atoms with Crippen LogP contribution in [-0.4, -0.2) is 13.2 Å². The zero-order valence-electron chi connectivity index (χ0n) is 12.2. The molecule has 18 heavy (non-hydrogen) atoms. The van der Waals surface area contributed by atoms with E-state index in [1.165, 1.54) is 12.0 Å². The van der Waals surface area contributed by atoms with Gasteiger partial charge in [0.05, 0.1) is 13.2 Å². The molecular weight excluding hydrogens is 224 g/mol. The van der Waals surface area contributed by atoms with Gasteiger partial charge in [0.25, 0.3) is 0 Å². The normalized spacial score (nSPS) is 20.6. The standard InChI is InChI=1S/C16H26O2/c1-5-14-8-10-16(18-12-11-14)15(17-6-2)9-7-13(3)4/h7,9-10,14H,5-6,8,11-12H2,1-4H3/b15-9-. The third-order valence-corrected chi connectivity index (χ3v) is 3.11. The van der Waals surface area contributed by atoms with Crippen LogP contribution in [0.15, 0.2) is 35.3 Å². The fourth-order valence-corrected chi connectivity index (χ4v) is 1.93. The van der Waals surface area contributed by atoms with Gasteiger partial charge in [0.1, 0.15) is 0 Å². The highest BCUT2D eigenvalue weighted by atomic mass is 16.5. The van der Waals surface area contributed by atoms with Gasteiger partial charge in [-0.3, -0.25) is 0 Å². The molecule has 0 bridgehead atoms. The number of hydrogen-bond acceptors (Lipinski definition) is 2. The van der Waals surface area contributed by atoms with Crippen LogP contribution in [0.5, 0.6) is 0 Å². The molecule has 0 spiro atoms. The molecule has 0 aromatic carbocycles. The maximum atomic E-state index is 5.82. The number of rotatable bonds is 5. The molecule has 0 aromatic heterocycles. The summed E-state index contributed by atoms with van der Waals surface area (Å²) in [5, 5.41) is 0. The van der Waals surface area contributed by atoms with Crippen LogP contribution in [0.2, 0.25) is 0 Å². The second kappa shape index (κ2) is 8.02. The topological polar surface area (TPSA) is 18.5 Å². The first-order valence-corrected chi connectivity index (χ1v) is 6.98. The highest BCUT2D eigenvalue weighted by Gasteiger charge is 2.14. The van der Waals surface area contributed by atoms with E-state index in [0.29, 0.717) is 6.61 Å². The lowest BCUT2D eigenvalue weighted by atomic mass is 9.99. The van der Waals surface area contributed by atoms with Gasteiger partial charge in [-0.1, -0.05) is 25.0 Å². The fourth-order valence-electron chi connectivity index (χ4n) is 1.93. The number of ether oxygens (including phenoxy) is 2. The maximum Gasteiger partial charge on any atom is 0.160 e. The summed E-state index contributed by atoms with van der Waals surface area (Å²) >= 11 is 0. The average molecular weight is 250 g/mol. The molecule has 1 rings (SSSR count). The zero-order valence-corrected chi connectivity index (χ0v) is 12.2. The molecule has 0 aromatic rings. The van der Waals surface area contributed by atoms with Crippen molar-refractivity contribution >= 4 is 0 Å². The van der Waals surface area contributed by atoms with Crippen LogP contribution < -0.4 is 0 Å². The largest absolute Gasteiger partial charge is 0.490 e. The Morgan fingerprint density at radius 1 is 1.39 bits per heavy atom. The summed E-state index contributed by atoms with van der Waals surface area (Å²) in [7, 11) is 0. The second-order valence-corrected chi connectivity index (χ2v) is 4.92. The van der Waals surface area contributed by atoms with Gasteiger partial charge in [0, 0.05) is 0 Å². The van der Waals surface area contributed by atoms with Crippen LogP contribution in [0.1, 0.15) is 47.0 Å². The third-order valence-electron chi connectivity index (χ3n) is 3.11. The molecule has 0 amide bonds. The first-order valence-electron chi connectivity index (χ1n) is 6.98. The van der Waals surface area contributed by atoms with Gasteiger partial charge in [-0.05, 0) is 51.7 Å². The minimum atomic E-state index is 0.667. The predicted molar refractivity (Wildman–Crippen MR) is 76.2 cm³/mol. The Bertz CT molecular complexity index is 333. The third kappa shape index (κ3) is 4.99. The Balaban J connectivity index is 2.81. The van der Waals surface area contributed by atoms with Crippen LogP contribution in [-0.2, 0) is 9.47 Å². The Kier molecular flexibility index (Phi) is 6.63. The van der Waals surface area contributed by atoms with Crippen LogP contribution in [0.3, 0.4) is 0 Å². The van der Waals surface area contributed by atoms with Gasteiger partial charge in [0.2, 0.25) is 0 Å². The van der Waals surface area contributed by atoms with Crippen molar-refractivity contribution < 1.29 is 9.47 Å². The Morgan fingerprint density at radius 2 is 2.17 bits per heavy atom. The van der Waals surface area contributed by atoms with E-state index >= 15 is 0 Å². The summed E-state index contributed by atoms with van der Waals surface area (Å²) in [5.41, 5.74) is 1.26. The van der Waals surface area contributed by atoms with Crippen LogP contribution >= 0.6 is 0 Å². The second-order valence-electron chi connectivity index (χ2n) is 4.92. The fraction of sp³-hybridized carbons (Fsp3) is 0.625. The zero-order chi connectivity index (χ0) is 13.4. The summed E-state index contributed by atoms with van der Waals surface area (Å²) in [6.45, 7) is 9.86. The van der Waals surface area contributed by atoms with Crippen molar-refractivity contribution in [1.29, 1.82) is 0 Å². The summed E-state index contributed by atoms with van der Waals surface area (Å²) in [6, 6.07) is 0. The van der Waals surface area contributed by atoms with E-state index in [1.807, 2.05) is 13.0 Å². The van der Waals surface area contributed by atoms with Crippen molar-refractivity contribution in [2.24, 2.45) is 5.92 Å². The monoisotopic (exact) mass is 250 g/mol. The van der Waals surface area contributed by atoms with Gasteiger partial charge in [0.15, 0.2) is 11.5 Å². The molecule has 0 saturated carbocycles. The molecule has 1 heterocycles. The molecule has 1 unspecified atom stereocenters. The molecule has 0 saturated heterocycles. The molecule has 102 valence electrons. The maximum absolute atomic E-state index is 5.82. The van der Waals surface area contributed by atoms with Crippen molar-refractivity contribution in [2.75, 3.05) is 13.2 Å². The van der Waals surface area contributed by atoms with Crippen LogP contribution in [0.4, 0.5) is 0 Å². The van der Waals surface area contributed by atoms with E-state index in [-0.39, 0.29) is 0 Å². The van der Waals surface area contributed by atoms with Crippen molar-refractivity contribution in [3.63, 3.8) is 0 Å². The molecule has 0 fully saturated rings. The number of allylic oxidation sites excluding steroid dienone is 4. The van der Waals surface area contributed by atoms with Crippen molar-refractivity contribution in [2.45, 2.75) is 47.0 Å². The van der Waals surface area contributed by atoms with Gasteiger partial charge in [-0.2, -0.15) is 0 Å². The van der Waals surface area contributed by atoms with Crippen LogP contribution in [0.25, 0.3) is 0 Å². The lowest BCUT2D eigenvalue weighted by molar-refractivity contribution is 0.154. The SMILES string of the molecule is CCO/C(=C\C=C(C)C)C1=CCC(CC)CCO1. The highest BCUT2D eigenvalue weighted by molar-refractivity contribution is 5.26. The molecule has 1 atom stereocenters. The Labute approximate surface area is 111 Å². The summed E-state index contributed by atoms with van der Waals surface area (Å²) in [6.07, 6.45) is 9.70. The minimum absolute atomic E-state index is 0.667. The first kappa shape index (κ1) is 14.9. The van der Waals surface area contributed by atoms with Gasteiger partial charge >= 0.3 is 0 Å². The Morgan fingerprint density at radius 3 is 2.78 bits per heavy atom. The molecule has 0 aliphatic carbocycles. The highest BCUT2D eigenvalue weighted by Crippen LogP contribution is 2.24. The molecule has 1 aliphatic heterocycles. The average Bonchev–Trinajstić information content (AvgIpc) is 2.59. The van der Waals surface area contributed by atoms with E-state index in [1.54, 1.807) is 0 Å². The molecular formula is C16H26O2. The lowest BCUT2D eigenvalue weighted by Gasteiger charge is -2.12. The van der Waals surface area contributed by atoms with Crippen molar-refractivity contribution in [3.8, 4) is 0 Å². The first-order chi connectivity index (χ1) is 8.67. The van der Waals surface area contributed by atoms with E-state index < -0.39 is 0 Å². The summed E-state index contributed by atoms with van der Waals surface area (Å²) in [4.78, 5) is 0. The van der Waals surface area contributed by atoms with Gasteiger partial charge in [-0.25, -0.2) is 0 Å². The molecule has 0 N–H and O–H groups in total. The molecule has 0 radical (unpaired) electrons. The minimum Gasteiger partial charge on any atom is -0.490 e. The van der Waals surface area contributed by atoms with E-state index in [4.69, 9.17) is 9.47 Å². The van der Waals surface area contributed by atoms with Crippen LogP contribution in [0, 0.1) is 5.92 Å². The van der Waals surface area contributed by atoms with Gasteiger partial charge in [-0.15, -0.1) is 0 Å².